The predicted octanol–water partition coefficient (Wildman–Crippen LogP) is -0.0825. The van der Waals surface area contributed by atoms with E-state index in [1.807, 2.05) is 0 Å². The van der Waals surface area contributed by atoms with Gasteiger partial charge in [-0.2, -0.15) is 0 Å². The Morgan fingerprint density at radius 1 is 0.938 bits per heavy atom. The van der Waals surface area contributed by atoms with Gasteiger partial charge in [0.15, 0.2) is 9.84 Å². The van der Waals surface area contributed by atoms with Gasteiger partial charge >= 0.3 is 11.9 Å². The smallest absolute Gasteiger partial charge is 0.306 e. The fourth-order valence-electron chi connectivity index (χ4n) is 0.981. The van der Waals surface area contributed by atoms with Crippen molar-refractivity contribution in [3.8, 4) is 0 Å². The summed E-state index contributed by atoms with van der Waals surface area (Å²) in [5, 5.41) is 0. The number of sulfone groups is 1. The van der Waals surface area contributed by atoms with Gasteiger partial charge in [0.2, 0.25) is 0 Å². The number of rotatable bonds is 7. The molecule has 7 heteroatoms. The van der Waals surface area contributed by atoms with Crippen molar-refractivity contribution in [3.63, 3.8) is 0 Å². The SMILES string of the molecule is COC(=O)CCCS(=O)(=O)CCC(=O)OC. The van der Waals surface area contributed by atoms with Crippen molar-refractivity contribution in [2.45, 2.75) is 19.3 Å². The first-order valence-electron chi connectivity index (χ1n) is 4.75. The van der Waals surface area contributed by atoms with Crippen molar-refractivity contribution < 1.29 is 27.5 Å². The third-order valence-electron chi connectivity index (χ3n) is 1.91. The van der Waals surface area contributed by atoms with Gasteiger partial charge < -0.3 is 9.47 Å². The molecule has 0 amide bonds. The Bertz CT molecular complexity index is 332. The van der Waals surface area contributed by atoms with Crippen LogP contribution in [0.5, 0.6) is 0 Å². The van der Waals surface area contributed by atoms with Gasteiger partial charge in [0.1, 0.15) is 0 Å². The highest BCUT2D eigenvalue weighted by Crippen LogP contribution is 2.01. The molecular weight excluding hydrogens is 236 g/mol. The molecule has 0 aliphatic rings. The maximum absolute atomic E-state index is 11.4. The number of hydrogen-bond donors (Lipinski definition) is 0. The van der Waals surface area contributed by atoms with Crippen molar-refractivity contribution >= 4 is 21.8 Å². The summed E-state index contributed by atoms with van der Waals surface area (Å²) in [5.41, 5.74) is 0. The second-order valence-corrected chi connectivity index (χ2v) is 5.46. The fraction of sp³-hybridized carbons (Fsp3) is 0.778. The molecule has 0 fully saturated rings. The van der Waals surface area contributed by atoms with Crippen LogP contribution in [0.25, 0.3) is 0 Å². The van der Waals surface area contributed by atoms with Crippen LogP contribution in [0.3, 0.4) is 0 Å². The molecule has 16 heavy (non-hydrogen) atoms. The molecule has 0 aliphatic heterocycles. The minimum atomic E-state index is -3.30. The van der Waals surface area contributed by atoms with Gasteiger partial charge in [0, 0.05) is 6.42 Å². The summed E-state index contributed by atoms with van der Waals surface area (Å²) >= 11 is 0. The molecule has 0 unspecified atom stereocenters. The molecule has 0 aromatic rings. The maximum atomic E-state index is 11.4. The lowest BCUT2D eigenvalue weighted by Gasteiger charge is -2.03. The lowest BCUT2D eigenvalue weighted by Crippen LogP contribution is -2.16. The van der Waals surface area contributed by atoms with Gasteiger partial charge in [0.05, 0.1) is 32.1 Å². The second kappa shape index (κ2) is 7.21. The quantitative estimate of drug-likeness (QED) is 0.589. The highest BCUT2D eigenvalue weighted by atomic mass is 32.2. The van der Waals surface area contributed by atoms with Gasteiger partial charge in [-0.05, 0) is 6.42 Å². The lowest BCUT2D eigenvalue weighted by molar-refractivity contribution is -0.141. The zero-order valence-electron chi connectivity index (χ0n) is 9.39. The molecule has 6 nitrogen and oxygen atoms in total. The molecule has 0 aromatic carbocycles. The Kier molecular flexibility index (Phi) is 6.71. The number of hydrogen-bond acceptors (Lipinski definition) is 6. The van der Waals surface area contributed by atoms with E-state index in [2.05, 4.69) is 9.47 Å². The van der Waals surface area contributed by atoms with Gasteiger partial charge in [0.25, 0.3) is 0 Å². The Morgan fingerprint density at radius 3 is 1.94 bits per heavy atom. The van der Waals surface area contributed by atoms with Crippen molar-refractivity contribution in [1.29, 1.82) is 0 Å². The van der Waals surface area contributed by atoms with E-state index >= 15 is 0 Å². The summed E-state index contributed by atoms with van der Waals surface area (Å²) in [6.45, 7) is 0. The first-order valence-corrected chi connectivity index (χ1v) is 6.57. The van der Waals surface area contributed by atoms with Crippen LogP contribution in [0.2, 0.25) is 0 Å². The Hall–Kier alpha value is -1.11. The lowest BCUT2D eigenvalue weighted by atomic mass is 10.3. The van der Waals surface area contributed by atoms with Gasteiger partial charge in [-0.3, -0.25) is 9.59 Å². The minimum absolute atomic E-state index is 0.0634. The third-order valence-corrected chi connectivity index (χ3v) is 3.65. The molecule has 0 N–H and O–H groups in total. The number of ether oxygens (including phenoxy) is 2. The van der Waals surface area contributed by atoms with Crippen molar-refractivity contribution in [2.24, 2.45) is 0 Å². The molecule has 0 aromatic heterocycles. The topological polar surface area (TPSA) is 86.7 Å². The van der Waals surface area contributed by atoms with Crippen LogP contribution < -0.4 is 0 Å². The molecule has 0 heterocycles. The molecule has 94 valence electrons. The van der Waals surface area contributed by atoms with E-state index in [-0.39, 0.29) is 30.8 Å². The molecule has 0 rings (SSSR count). The monoisotopic (exact) mass is 252 g/mol. The van der Waals surface area contributed by atoms with Crippen LogP contribution >= 0.6 is 0 Å². The minimum Gasteiger partial charge on any atom is -0.469 e. The maximum Gasteiger partial charge on any atom is 0.306 e. The highest BCUT2D eigenvalue weighted by molar-refractivity contribution is 7.91. The van der Waals surface area contributed by atoms with E-state index in [4.69, 9.17) is 0 Å². The first-order chi connectivity index (χ1) is 7.41. The number of methoxy groups -OCH3 is 2. The number of carbonyl (C=O) groups is 2. The average Bonchev–Trinajstić information content (AvgIpc) is 2.25. The van der Waals surface area contributed by atoms with E-state index in [9.17, 15) is 18.0 Å². The van der Waals surface area contributed by atoms with E-state index in [0.717, 1.165) is 0 Å². The summed E-state index contributed by atoms with van der Waals surface area (Å²) in [7, 11) is -0.855. The predicted molar refractivity (Wildman–Crippen MR) is 56.5 cm³/mol. The first kappa shape index (κ1) is 14.9. The van der Waals surface area contributed by atoms with Crippen LogP contribution in [0.15, 0.2) is 0 Å². The number of esters is 2. The van der Waals surface area contributed by atoms with Crippen LogP contribution in [-0.2, 0) is 28.9 Å². The van der Waals surface area contributed by atoms with Crippen LogP contribution in [-0.4, -0.2) is 46.1 Å². The highest BCUT2D eigenvalue weighted by Gasteiger charge is 2.14. The standard InChI is InChI=1S/C9H16O6S/c1-14-8(10)4-3-6-16(12,13)7-5-9(11)15-2/h3-7H2,1-2H3. The Morgan fingerprint density at radius 2 is 1.44 bits per heavy atom. The third kappa shape index (κ3) is 7.22. The zero-order chi connectivity index (χ0) is 12.6. The molecule has 0 radical (unpaired) electrons. The van der Waals surface area contributed by atoms with E-state index in [1.54, 1.807) is 0 Å². The summed E-state index contributed by atoms with van der Waals surface area (Å²) in [4.78, 5) is 21.4. The van der Waals surface area contributed by atoms with E-state index in [0.29, 0.717) is 0 Å². The van der Waals surface area contributed by atoms with Crippen LogP contribution in [0.4, 0.5) is 0 Å². The molecule has 0 bridgehead atoms. The van der Waals surface area contributed by atoms with Crippen molar-refractivity contribution in [3.05, 3.63) is 0 Å². The van der Waals surface area contributed by atoms with Crippen LogP contribution in [0, 0.1) is 0 Å². The van der Waals surface area contributed by atoms with Gasteiger partial charge in [-0.25, -0.2) is 8.42 Å². The Labute approximate surface area is 94.8 Å². The van der Waals surface area contributed by atoms with Gasteiger partial charge in [-0.15, -0.1) is 0 Å². The molecular formula is C9H16O6S. The van der Waals surface area contributed by atoms with Gasteiger partial charge in [-0.1, -0.05) is 0 Å². The van der Waals surface area contributed by atoms with Crippen LogP contribution in [0.1, 0.15) is 19.3 Å². The zero-order valence-corrected chi connectivity index (χ0v) is 10.2. The second-order valence-electron chi connectivity index (χ2n) is 3.16. The summed E-state index contributed by atoms with van der Waals surface area (Å²) < 4.78 is 31.4. The normalized spacial score (nSPS) is 10.9. The molecule has 0 aliphatic carbocycles. The molecule has 0 saturated carbocycles. The number of carbonyl (C=O) groups excluding carboxylic acids is 2. The molecule has 0 spiro atoms. The molecule has 0 atom stereocenters. The largest absolute Gasteiger partial charge is 0.469 e. The summed E-state index contributed by atoms with van der Waals surface area (Å²) in [5.74, 6) is -1.38. The van der Waals surface area contributed by atoms with E-state index < -0.39 is 21.8 Å². The summed E-state index contributed by atoms with van der Waals surface area (Å²) in [6.07, 6.45) is 0.112. The Balaban J connectivity index is 3.88. The summed E-state index contributed by atoms with van der Waals surface area (Å²) in [6, 6.07) is 0. The average molecular weight is 252 g/mol. The van der Waals surface area contributed by atoms with Crippen molar-refractivity contribution in [1.82, 2.24) is 0 Å². The molecule has 0 saturated heterocycles. The van der Waals surface area contributed by atoms with Crippen molar-refractivity contribution in [2.75, 3.05) is 25.7 Å². The fourth-order valence-corrected chi connectivity index (χ4v) is 2.25. The van der Waals surface area contributed by atoms with E-state index in [1.165, 1.54) is 14.2 Å².